The molecule has 0 saturated carbocycles. The van der Waals surface area contributed by atoms with Crippen molar-refractivity contribution in [3.05, 3.63) is 59.7 Å². The Bertz CT molecular complexity index is 726. The van der Waals surface area contributed by atoms with Gasteiger partial charge in [0, 0.05) is 24.2 Å². The van der Waals surface area contributed by atoms with Crippen LogP contribution in [0.5, 0.6) is 11.5 Å². The van der Waals surface area contributed by atoms with Gasteiger partial charge < -0.3 is 20.1 Å². The molecule has 2 aromatic carbocycles. The van der Waals surface area contributed by atoms with E-state index in [1.165, 1.54) is 0 Å². The molecule has 0 heterocycles. The number of ether oxygens (including phenoxy) is 2. The Labute approximate surface area is 172 Å². The van der Waals surface area contributed by atoms with Gasteiger partial charge in [-0.15, -0.1) is 0 Å². The van der Waals surface area contributed by atoms with Gasteiger partial charge in [0.15, 0.2) is 0 Å². The van der Waals surface area contributed by atoms with E-state index in [0.717, 1.165) is 12.8 Å². The lowest BCUT2D eigenvalue weighted by Crippen LogP contribution is -2.29. The highest BCUT2D eigenvalue weighted by atomic mass is 16.5. The second kappa shape index (κ2) is 12.4. The van der Waals surface area contributed by atoms with Gasteiger partial charge >= 0.3 is 0 Å². The lowest BCUT2D eigenvalue weighted by atomic mass is 10.2. The Morgan fingerprint density at radius 3 is 1.62 bits per heavy atom. The molecule has 156 valence electrons. The molecule has 29 heavy (non-hydrogen) atoms. The van der Waals surface area contributed by atoms with Crippen LogP contribution in [0.4, 0.5) is 0 Å². The van der Waals surface area contributed by atoms with E-state index in [1.54, 1.807) is 36.4 Å². The number of carbonyl (C=O) groups excluding carboxylic acids is 2. The second-order valence-corrected chi connectivity index (χ2v) is 6.62. The van der Waals surface area contributed by atoms with E-state index in [0.29, 0.717) is 55.4 Å². The van der Waals surface area contributed by atoms with Crippen LogP contribution < -0.4 is 20.1 Å². The van der Waals surface area contributed by atoms with E-state index in [9.17, 15) is 9.59 Å². The lowest BCUT2D eigenvalue weighted by Gasteiger charge is -2.09. The fourth-order valence-corrected chi connectivity index (χ4v) is 2.59. The molecule has 0 aliphatic heterocycles. The minimum Gasteiger partial charge on any atom is -0.494 e. The molecule has 0 atom stereocenters. The maximum absolute atomic E-state index is 12.2. The molecule has 2 aromatic rings. The largest absolute Gasteiger partial charge is 0.494 e. The molecule has 0 saturated heterocycles. The van der Waals surface area contributed by atoms with Crippen LogP contribution in [0.1, 0.15) is 53.8 Å². The van der Waals surface area contributed by atoms with Gasteiger partial charge in [0.25, 0.3) is 11.8 Å². The zero-order valence-electron chi connectivity index (χ0n) is 17.2. The zero-order valence-corrected chi connectivity index (χ0v) is 17.2. The molecule has 6 nitrogen and oxygen atoms in total. The average molecular weight is 399 g/mol. The Balaban J connectivity index is 1.71. The normalized spacial score (nSPS) is 10.3. The first-order valence-corrected chi connectivity index (χ1v) is 10.2. The topological polar surface area (TPSA) is 76.7 Å². The minimum atomic E-state index is -0.154. The molecule has 2 N–H and O–H groups in total. The Hall–Kier alpha value is -3.02. The van der Waals surface area contributed by atoms with Crippen LogP contribution in [0.2, 0.25) is 0 Å². The maximum Gasteiger partial charge on any atom is 0.251 e. The summed E-state index contributed by atoms with van der Waals surface area (Å²) in [6.07, 6.45) is 2.46. The minimum absolute atomic E-state index is 0.154. The molecule has 6 heteroatoms. The van der Waals surface area contributed by atoms with Crippen molar-refractivity contribution in [1.29, 1.82) is 0 Å². The number of rotatable bonds is 12. The highest BCUT2D eigenvalue weighted by Gasteiger charge is 2.08. The van der Waals surface area contributed by atoms with E-state index in [4.69, 9.17) is 9.47 Å². The molecular formula is C23H30N2O4. The number of amides is 2. The zero-order chi connectivity index (χ0) is 20.9. The van der Waals surface area contributed by atoms with E-state index >= 15 is 0 Å². The molecule has 0 spiro atoms. The Kier molecular flexibility index (Phi) is 9.55. The number of hydrogen-bond donors (Lipinski definition) is 2. The maximum atomic E-state index is 12.2. The summed E-state index contributed by atoms with van der Waals surface area (Å²) in [4.78, 5) is 24.5. The van der Waals surface area contributed by atoms with Crippen LogP contribution in [0, 0.1) is 0 Å². The third kappa shape index (κ3) is 7.86. The Morgan fingerprint density at radius 2 is 1.21 bits per heavy atom. The fourth-order valence-electron chi connectivity index (χ4n) is 2.59. The predicted molar refractivity (Wildman–Crippen MR) is 114 cm³/mol. The third-order valence-electron chi connectivity index (χ3n) is 4.06. The summed E-state index contributed by atoms with van der Waals surface area (Å²) in [5.74, 6) is 1.08. The van der Waals surface area contributed by atoms with Crippen molar-refractivity contribution < 1.29 is 19.1 Å². The van der Waals surface area contributed by atoms with Gasteiger partial charge in [0.05, 0.1) is 13.2 Å². The van der Waals surface area contributed by atoms with Crippen LogP contribution in [-0.4, -0.2) is 38.1 Å². The highest BCUT2D eigenvalue weighted by Crippen LogP contribution is 2.14. The van der Waals surface area contributed by atoms with Gasteiger partial charge in [-0.3, -0.25) is 9.59 Å². The first-order chi connectivity index (χ1) is 14.1. The van der Waals surface area contributed by atoms with Gasteiger partial charge in [-0.2, -0.15) is 0 Å². The molecule has 0 aromatic heterocycles. The van der Waals surface area contributed by atoms with Crippen molar-refractivity contribution >= 4 is 11.8 Å². The van der Waals surface area contributed by atoms with Crippen molar-refractivity contribution in [3.63, 3.8) is 0 Å². The van der Waals surface area contributed by atoms with Crippen LogP contribution in [0.25, 0.3) is 0 Å². The van der Waals surface area contributed by atoms with Crippen molar-refractivity contribution in [1.82, 2.24) is 10.6 Å². The molecule has 0 unspecified atom stereocenters. The molecule has 0 bridgehead atoms. The van der Waals surface area contributed by atoms with Crippen molar-refractivity contribution in [2.45, 2.75) is 33.1 Å². The summed E-state index contributed by atoms with van der Waals surface area (Å²) in [5.41, 5.74) is 1.12. The number of benzene rings is 2. The van der Waals surface area contributed by atoms with Crippen molar-refractivity contribution in [2.75, 3.05) is 26.3 Å². The Morgan fingerprint density at radius 1 is 0.759 bits per heavy atom. The van der Waals surface area contributed by atoms with Crippen LogP contribution in [0.15, 0.2) is 48.5 Å². The molecule has 0 aliphatic rings. The fraction of sp³-hybridized carbons (Fsp3) is 0.391. The first kappa shape index (κ1) is 22.3. The van der Waals surface area contributed by atoms with Gasteiger partial charge in [0.1, 0.15) is 11.5 Å². The summed E-state index contributed by atoms with van der Waals surface area (Å²) in [6.45, 7) is 6.26. The monoisotopic (exact) mass is 398 g/mol. The standard InChI is InChI=1S/C23H30N2O4/c1-3-14-28-20-10-5-8-18(16-20)22(26)24-12-7-13-25-23(27)19-9-6-11-21(17-19)29-15-4-2/h5-6,8-11,16-17H,3-4,7,12-15H2,1-2H3,(H,24,26)(H,25,27). The summed E-state index contributed by atoms with van der Waals surface area (Å²) < 4.78 is 11.1. The summed E-state index contributed by atoms with van der Waals surface area (Å²) in [6, 6.07) is 14.3. The molecule has 0 fully saturated rings. The summed E-state index contributed by atoms with van der Waals surface area (Å²) >= 11 is 0. The third-order valence-corrected chi connectivity index (χ3v) is 4.06. The smallest absolute Gasteiger partial charge is 0.251 e. The van der Waals surface area contributed by atoms with Gasteiger partial charge in [-0.05, 0) is 55.7 Å². The number of hydrogen-bond acceptors (Lipinski definition) is 4. The molecule has 2 rings (SSSR count). The number of carbonyl (C=O) groups is 2. The van der Waals surface area contributed by atoms with Gasteiger partial charge in [-0.1, -0.05) is 26.0 Å². The van der Waals surface area contributed by atoms with Crippen LogP contribution >= 0.6 is 0 Å². The average Bonchev–Trinajstić information content (AvgIpc) is 2.76. The predicted octanol–water partition coefficient (Wildman–Crippen LogP) is 3.81. The first-order valence-electron chi connectivity index (χ1n) is 10.2. The number of nitrogens with one attached hydrogen (secondary N) is 2. The highest BCUT2D eigenvalue weighted by molar-refractivity contribution is 5.95. The molecule has 2 amide bonds. The lowest BCUT2D eigenvalue weighted by molar-refractivity contribution is 0.0951. The van der Waals surface area contributed by atoms with Crippen molar-refractivity contribution in [2.24, 2.45) is 0 Å². The van der Waals surface area contributed by atoms with E-state index in [-0.39, 0.29) is 11.8 Å². The summed E-state index contributed by atoms with van der Waals surface area (Å²) in [5, 5.41) is 5.72. The van der Waals surface area contributed by atoms with Crippen molar-refractivity contribution in [3.8, 4) is 11.5 Å². The van der Waals surface area contributed by atoms with Gasteiger partial charge in [0.2, 0.25) is 0 Å². The van der Waals surface area contributed by atoms with E-state index in [1.807, 2.05) is 26.0 Å². The molecule has 0 aliphatic carbocycles. The molecular weight excluding hydrogens is 368 g/mol. The molecule has 0 radical (unpaired) electrons. The quantitative estimate of drug-likeness (QED) is 0.533. The second-order valence-electron chi connectivity index (χ2n) is 6.62. The van der Waals surface area contributed by atoms with E-state index < -0.39 is 0 Å². The summed E-state index contributed by atoms with van der Waals surface area (Å²) in [7, 11) is 0. The van der Waals surface area contributed by atoms with Crippen LogP contribution in [0.3, 0.4) is 0 Å². The van der Waals surface area contributed by atoms with Gasteiger partial charge in [-0.25, -0.2) is 0 Å². The van der Waals surface area contributed by atoms with E-state index in [2.05, 4.69) is 10.6 Å². The van der Waals surface area contributed by atoms with Crippen LogP contribution in [-0.2, 0) is 0 Å². The SMILES string of the molecule is CCCOc1cccc(C(=O)NCCCNC(=O)c2cccc(OCCC)c2)c1.